The van der Waals surface area contributed by atoms with Crippen LogP contribution in [0.2, 0.25) is 0 Å². The summed E-state index contributed by atoms with van der Waals surface area (Å²) in [5, 5.41) is 0. The molecular formula is C10H8F2O. The Morgan fingerprint density at radius 2 is 2.08 bits per heavy atom. The number of halogens is 2. The number of para-hydroxylation sites is 1. The molecule has 0 aliphatic heterocycles. The van der Waals surface area contributed by atoms with Gasteiger partial charge in [0.2, 0.25) is 0 Å². The molecule has 0 radical (unpaired) electrons. The molecule has 0 saturated heterocycles. The molecule has 13 heavy (non-hydrogen) atoms. The third-order valence-corrected chi connectivity index (χ3v) is 1.41. The standard InChI is InChI=1S/C10H8F2O/c1-2-8-5-3-4-6-9(8)13-7-10(11)12/h1,3-6,10H,7H2. The number of benzene rings is 1. The summed E-state index contributed by atoms with van der Waals surface area (Å²) < 4.78 is 28.4. The molecule has 1 rings (SSSR count). The average molecular weight is 182 g/mol. The summed E-state index contributed by atoms with van der Waals surface area (Å²) >= 11 is 0. The van der Waals surface area contributed by atoms with E-state index in [2.05, 4.69) is 5.92 Å². The van der Waals surface area contributed by atoms with Gasteiger partial charge in [0.1, 0.15) is 12.4 Å². The van der Waals surface area contributed by atoms with Gasteiger partial charge in [-0.25, -0.2) is 8.78 Å². The molecule has 1 aromatic carbocycles. The van der Waals surface area contributed by atoms with E-state index in [0.29, 0.717) is 11.3 Å². The van der Waals surface area contributed by atoms with Gasteiger partial charge in [0.25, 0.3) is 6.43 Å². The van der Waals surface area contributed by atoms with E-state index < -0.39 is 13.0 Å². The van der Waals surface area contributed by atoms with Crippen LogP contribution in [0.4, 0.5) is 8.78 Å². The van der Waals surface area contributed by atoms with Crippen molar-refractivity contribution in [1.29, 1.82) is 0 Å². The van der Waals surface area contributed by atoms with E-state index in [1.165, 1.54) is 0 Å². The Hall–Kier alpha value is -1.56. The van der Waals surface area contributed by atoms with Crippen molar-refractivity contribution in [2.75, 3.05) is 6.61 Å². The van der Waals surface area contributed by atoms with Crippen LogP contribution in [-0.4, -0.2) is 13.0 Å². The summed E-state index contributed by atoms with van der Waals surface area (Å²) in [6, 6.07) is 6.62. The number of alkyl halides is 2. The monoisotopic (exact) mass is 182 g/mol. The zero-order valence-electron chi connectivity index (χ0n) is 6.84. The van der Waals surface area contributed by atoms with Crippen LogP contribution in [0.3, 0.4) is 0 Å². The number of hydrogen-bond donors (Lipinski definition) is 0. The van der Waals surface area contributed by atoms with Crippen LogP contribution in [0.5, 0.6) is 5.75 Å². The van der Waals surface area contributed by atoms with E-state index in [0.717, 1.165) is 0 Å². The minimum Gasteiger partial charge on any atom is -0.486 e. The first-order valence-electron chi connectivity index (χ1n) is 3.70. The molecule has 0 fully saturated rings. The molecule has 0 saturated carbocycles. The molecule has 0 aliphatic carbocycles. The fourth-order valence-corrected chi connectivity index (χ4v) is 0.865. The molecular weight excluding hydrogens is 174 g/mol. The lowest BCUT2D eigenvalue weighted by atomic mass is 10.2. The third kappa shape index (κ3) is 2.75. The van der Waals surface area contributed by atoms with Crippen LogP contribution in [0.1, 0.15) is 5.56 Å². The first-order chi connectivity index (χ1) is 6.24. The molecule has 1 aromatic rings. The molecule has 0 atom stereocenters. The van der Waals surface area contributed by atoms with Crippen molar-refractivity contribution < 1.29 is 13.5 Å². The first-order valence-corrected chi connectivity index (χ1v) is 3.70. The van der Waals surface area contributed by atoms with Crippen molar-refractivity contribution in [1.82, 2.24) is 0 Å². The zero-order chi connectivity index (χ0) is 9.68. The highest BCUT2D eigenvalue weighted by Gasteiger charge is 2.05. The van der Waals surface area contributed by atoms with Crippen LogP contribution in [-0.2, 0) is 0 Å². The van der Waals surface area contributed by atoms with Gasteiger partial charge in [0.15, 0.2) is 0 Å². The topological polar surface area (TPSA) is 9.23 Å². The molecule has 0 amide bonds. The third-order valence-electron chi connectivity index (χ3n) is 1.41. The maximum absolute atomic E-state index is 11.8. The molecule has 0 unspecified atom stereocenters. The Labute approximate surface area is 75.3 Å². The SMILES string of the molecule is C#Cc1ccccc1OCC(F)F. The summed E-state index contributed by atoms with van der Waals surface area (Å²) in [5.74, 6) is 2.67. The van der Waals surface area contributed by atoms with E-state index in [-0.39, 0.29) is 0 Å². The minimum absolute atomic E-state index is 0.324. The van der Waals surface area contributed by atoms with E-state index in [4.69, 9.17) is 11.2 Å². The van der Waals surface area contributed by atoms with Crippen molar-refractivity contribution in [3.8, 4) is 18.1 Å². The number of rotatable bonds is 3. The molecule has 0 aromatic heterocycles. The summed E-state index contributed by atoms with van der Waals surface area (Å²) in [6.45, 7) is -0.626. The number of hydrogen-bond acceptors (Lipinski definition) is 1. The van der Waals surface area contributed by atoms with Gasteiger partial charge in [-0.15, -0.1) is 6.42 Å². The lowest BCUT2D eigenvalue weighted by molar-refractivity contribution is 0.0818. The van der Waals surface area contributed by atoms with Gasteiger partial charge in [-0.3, -0.25) is 0 Å². The maximum atomic E-state index is 11.8. The van der Waals surface area contributed by atoms with Gasteiger partial charge in [0, 0.05) is 0 Å². The second-order valence-electron chi connectivity index (χ2n) is 2.34. The van der Waals surface area contributed by atoms with Crippen molar-refractivity contribution in [3.05, 3.63) is 29.8 Å². The van der Waals surface area contributed by atoms with Crippen LogP contribution >= 0.6 is 0 Å². The van der Waals surface area contributed by atoms with Crippen molar-refractivity contribution >= 4 is 0 Å². The van der Waals surface area contributed by atoms with Gasteiger partial charge < -0.3 is 4.74 Å². The second-order valence-corrected chi connectivity index (χ2v) is 2.34. The van der Waals surface area contributed by atoms with Crippen molar-refractivity contribution in [3.63, 3.8) is 0 Å². The molecule has 0 heterocycles. The zero-order valence-corrected chi connectivity index (χ0v) is 6.84. The smallest absolute Gasteiger partial charge is 0.272 e. The van der Waals surface area contributed by atoms with Crippen LogP contribution < -0.4 is 4.74 Å². The maximum Gasteiger partial charge on any atom is 0.272 e. The van der Waals surface area contributed by atoms with E-state index >= 15 is 0 Å². The van der Waals surface area contributed by atoms with E-state index in [9.17, 15) is 8.78 Å². The lowest BCUT2D eigenvalue weighted by Crippen LogP contribution is -2.07. The lowest BCUT2D eigenvalue weighted by Gasteiger charge is -2.06. The average Bonchev–Trinajstić information content (AvgIpc) is 2.15. The molecule has 3 heteroatoms. The van der Waals surface area contributed by atoms with Crippen LogP contribution in [0.15, 0.2) is 24.3 Å². The van der Waals surface area contributed by atoms with E-state index in [1.807, 2.05) is 0 Å². The van der Waals surface area contributed by atoms with Gasteiger partial charge in [-0.2, -0.15) is 0 Å². The highest BCUT2D eigenvalue weighted by Crippen LogP contribution is 2.16. The van der Waals surface area contributed by atoms with Gasteiger partial charge in [0.05, 0.1) is 5.56 Å². The first kappa shape index (κ1) is 9.53. The fraction of sp³-hybridized carbons (Fsp3) is 0.200. The predicted octanol–water partition coefficient (Wildman–Crippen LogP) is 2.31. The van der Waals surface area contributed by atoms with Gasteiger partial charge in [-0.1, -0.05) is 18.1 Å². The summed E-state index contributed by atoms with van der Waals surface area (Å²) in [5.41, 5.74) is 0.489. The number of ether oxygens (including phenoxy) is 1. The van der Waals surface area contributed by atoms with Crippen molar-refractivity contribution in [2.24, 2.45) is 0 Å². The van der Waals surface area contributed by atoms with Crippen molar-refractivity contribution in [2.45, 2.75) is 6.43 Å². The molecule has 1 nitrogen and oxygen atoms in total. The predicted molar refractivity (Wildman–Crippen MR) is 45.9 cm³/mol. The fourth-order valence-electron chi connectivity index (χ4n) is 0.865. The molecule has 0 aliphatic rings. The van der Waals surface area contributed by atoms with Crippen LogP contribution in [0.25, 0.3) is 0 Å². The normalized spacial score (nSPS) is 9.69. The Kier molecular flexibility index (Phi) is 3.27. The summed E-state index contributed by atoms with van der Waals surface area (Å²) in [7, 11) is 0. The quantitative estimate of drug-likeness (QED) is 0.652. The Morgan fingerprint density at radius 3 is 2.69 bits per heavy atom. The second kappa shape index (κ2) is 4.46. The Bertz CT molecular complexity index is 315. The molecule has 0 spiro atoms. The summed E-state index contributed by atoms with van der Waals surface area (Å²) in [6.07, 6.45) is 2.66. The highest BCUT2D eigenvalue weighted by molar-refractivity contribution is 5.44. The minimum atomic E-state index is -2.48. The molecule has 0 N–H and O–H groups in total. The van der Waals surface area contributed by atoms with Gasteiger partial charge in [-0.05, 0) is 12.1 Å². The van der Waals surface area contributed by atoms with E-state index in [1.54, 1.807) is 24.3 Å². The van der Waals surface area contributed by atoms with Gasteiger partial charge >= 0.3 is 0 Å². The van der Waals surface area contributed by atoms with Crippen LogP contribution in [0, 0.1) is 12.3 Å². The highest BCUT2D eigenvalue weighted by atomic mass is 19.3. The largest absolute Gasteiger partial charge is 0.486 e. The Morgan fingerprint density at radius 1 is 1.38 bits per heavy atom. The summed E-state index contributed by atoms with van der Waals surface area (Å²) in [4.78, 5) is 0. The molecule has 0 bridgehead atoms. The Balaban J connectivity index is 2.71. The number of terminal acetylenes is 1. The molecule has 68 valence electrons.